The van der Waals surface area contributed by atoms with Crippen LogP contribution in [0.15, 0.2) is 47.6 Å². The molecule has 2 aromatic carbocycles. The molecule has 0 saturated carbocycles. The maximum Gasteiger partial charge on any atom is 0.251 e. The number of hydrogen-bond acceptors (Lipinski definition) is 6. The maximum absolute atomic E-state index is 12.3. The fourth-order valence-electron chi connectivity index (χ4n) is 2.59. The Bertz CT molecular complexity index is 1110. The van der Waals surface area contributed by atoms with E-state index in [2.05, 4.69) is 20.8 Å². The number of methoxy groups -OCH3 is 1. The van der Waals surface area contributed by atoms with Crippen molar-refractivity contribution in [3.05, 3.63) is 63.9 Å². The van der Waals surface area contributed by atoms with Gasteiger partial charge in [-0.1, -0.05) is 47.1 Å². The van der Waals surface area contributed by atoms with Gasteiger partial charge in [-0.2, -0.15) is 0 Å². The molecule has 2 amide bonds. The largest absolute Gasteiger partial charge is 0.495 e. The fourth-order valence-corrected chi connectivity index (χ4v) is 3.62. The molecular formula is C20H19Cl2N5O3S. The molecule has 11 heteroatoms. The molecule has 162 valence electrons. The summed E-state index contributed by atoms with van der Waals surface area (Å²) in [5.41, 5.74) is 0.985. The number of nitrogens with zero attached hydrogens (tertiary/aromatic N) is 3. The normalized spacial score (nSPS) is 10.6. The molecule has 0 bridgehead atoms. The lowest BCUT2D eigenvalue weighted by Gasteiger charge is -2.09. The lowest BCUT2D eigenvalue weighted by atomic mass is 10.2. The molecule has 2 N–H and O–H groups in total. The van der Waals surface area contributed by atoms with Crippen molar-refractivity contribution in [3.8, 4) is 5.75 Å². The van der Waals surface area contributed by atoms with Gasteiger partial charge >= 0.3 is 0 Å². The molecule has 0 aliphatic carbocycles. The number of carbonyl (C=O) groups is 2. The molecule has 0 spiro atoms. The molecule has 0 unspecified atom stereocenters. The summed E-state index contributed by atoms with van der Waals surface area (Å²) in [7, 11) is 3.31. The van der Waals surface area contributed by atoms with Crippen molar-refractivity contribution in [1.82, 2.24) is 20.1 Å². The monoisotopic (exact) mass is 479 g/mol. The van der Waals surface area contributed by atoms with Crippen molar-refractivity contribution in [1.29, 1.82) is 0 Å². The van der Waals surface area contributed by atoms with Crippen molar-refractivity contribution in [2.75, 3.05) is 18.2 Å². The minimum atomic E-state index is -0.313. The van der Waals surface area contributed by atoms with E-state index in [1.165, 1.54) is 17.8 Å². The van der Waals surface area contributed by atoms with Crippen LogP contribution in [0.1, 0.15) is 16.2 Å². The molecule has 0 aliphatic rings. The van der Waals surface area contributed by atoms with Gasteiger partial charge in [0, 0.05) is 12.6 Å². The third kappa shape index (κ3) is 5.90. The van der Waals surface area contributed by atoms with E-state index in [0.717, 1.165) is 0 Å². The average molecular weight is 480 g/mol. The fraction of sp³-hybridized carbons (Fsp3) is 0.200. The van der Waals surface area contributed by atoms with Crippen molar-refractivity contribution < 1.29 is 14.3 Å². The molecule has 8 nitrogen and oxygen atoms in total. The number of halogens is 2. The Morgan fingerprint density at radius 1 is 1.13 bits per heavy atom. The number of aromatic nitrogens is 3. The summed E-state index contributed by atoms with van der Waals surface area (Å²) in [6.45, 7) is 0.163. The molecule has 1 heterocycles. The number of thioether (sulfide) groups is 1. The number of anilines is 1. The Morgan fingerprint density at radius 3 is 2.65 bits per heavy atom. The SMILES string of the molecule is COc1ccccc1NC(=O)CSc1nnc(CNC(=O)c2ccc(Cl)c(Cl)c2)n1C. The van der Waals surface area contributed by atoms with Gasteiger partial charge in [-0.05, 0) is 30.3 Å². The summed E-state index contributed by atoms with van der Waals surface area (Å²) < 4.78 is 6.94. The average Bonchev–Trinajstić information content (AvgIpc) is 3.12. The number of para-hydroxylation sites is 2. The van der Waals surface area contributed by atoms with Crippen molar-refractivity contribution in [2.45, 2.75) is 11.7 Å². The summed E-state index contributed by atoms with van der Waals surface area (Å²) in [6, 6.07) is 11.8. The smallest absolute Gasteiger partial charge is 0.251 e. The van der Waals surface area contributed by atoms with E-state index in [4.69, 9.17) is 27.9 Å². The zero-order chi connectivity index (χ0) is 22.4. The van der Waals surface area contributed by atoms with Gasteiger partial charge in [0.1, 0.15) is 5.75 Å². The summed E-state index contributed by atoms with van der Waals surface area (Å²) in [5, 5.41) is 15.0. The number of ether oxygens (including phenoxy) is 1. The van der Waals surface area contributed by atoms with Crippen LogP contribution in [0.5, 0.6) is 5.75 Å². The summed E-state index contributed by atoms with van der Waals surface area (Å²) in [5.74, 6) is 0.749. The Labute approximate surface area is 193 Å². The van der Waals surface area contributed by atoms with Crippen molar-refractivity contribution in [3.63, 3.8) is 0 Å². The van der Waals surface area contributed by atoms with E-state index >= 15 is 0 Å². The summed E-state index contributed by atoms with van der Waals surface area (Å²) in [4.78, 5) is 24.6. The highest BCUT2D eigenvalue weighted by molar-refractivity contribution is 7.99. The summed E-state index contributed by atoms with van der Waals surface area (Å²) >= 11 is 13.1. The summed E-state index contributed by atoms with van der Waals surface area (Å²) in [6.07, 6.45) is 0. The standard InChI is InChI=1S/C20H19Cl2N5O3S/c1-27-17(10-23-19(29)12-7-8-13(21)14(22)9-12)25-26-20(27)31-11-18(28)24-15-5-3-4-6-16(15)30-2/h3-9H,10-11H2,1-2H3,(H,23,29)(H,24,28). The number of rotatable bonds is 8. The lowest BCUT2D eigenvalue weighted by Crippen LogP contribution is -2.24. The van der Waals surface area contributed by atoms with Crippen LogP contribution in [0.2, 0.25) is 10.0 Å². The molecule has 0 atom stereocenters. The van der Waals surface area contributed by atoms with Gasteiger partial charge < -0.3 is 19.9 Å². The molecular weight excluding hydrogens is 461 g/mol. The highest BCUT2D eigenvalue weighted by Crippen LogP contribution is 2.24. The molecule has 3 aromatic rings. The van der Waals surface area contributed by atoms with Crippen LogP contribution < -0.4 is 15.4 Å². The Hall–Kier alpha value is -2.75. The van der Waals surface area contributed by atoms with E-state index in [9.17, 15) is 9.59 Å². The van der Waals surface area contributed by atoms with Crippen LogP contribution >= 0.6 is 35.0 Å². The molecule has 0 saturated heterocycles. The van der Waals surface area contributed by atoms with Gasteiger partial charge in [0.25, 0.3) is 5.91 Å². The van der Waals surface area contributed by atoms with Crippen LogP contribution in [0.4, 0.5) is 5.69 Å². The van der Waals surface area contributed by atoms with E-state index in [0.29, 0.717) is 38.0 Å². The van der Waals surface area contributed by atoms with Gasteiger partial charge in [0.2, 0.25) is 5.91 Å². The lowest BCUT2D eigenvalue weighted by molar-refractivity contribution is -0.113. The van der Waals surface area contributed by atoms with Gasteiger partial charge in [0.05, 0.1) is 35.1 Å². The second kappa shape index (κ2) is 10.5. The quantitative estimate of drug-likeness (QED) is 0.476. The van der Waals surface area contributed by atoms with Crippen LogP contribution in [0, 0.1) is 0 Å². The van der Waals surface area contributed by atoms with Gasteiger partial charge in [-0.3, -0.25) is 9.59 Å². The zero-order valence-corrected chi connectivity index (χ0v) is 19.0. The molecule has 3 rings (SSSR count). The first kappa shape index (κ1) is 22.9. The second-order valence-corrected chi connectivity index (χ2v) is 8.06. The Morgan fingerprint density at radius 2 is 1.90 bits per heavy atom. The molecule has 31 heavy (non-hydrogen) atoms. The number of benzene rings is 2. The van der Waals surface area contributed by atoms with E-state index in [1.807, 2.05) is 12.1 Å². The second-order valence-electron chi connectivity index (χ2n) is 6.31. The number of carbonyl (C=O) groups excluding carboxylic acids is 2. The third-order valence-electron chi connectivity index (χ3n) is 4.23. The predicted molar refractivity (Wildman–Crippen MR) is 121 cm³/mol. The first-order valence-electron chi connectivity index (χ1n) is 9.06. The molecule has 0 aliphatic heterocycles. The van der Waals surface area contributed by atoms with Crippen LogP contribution in [0.3, 0.4) is 0 Å². The van der Waals surface area contributed by atoms with Crippen molar-refractivity contribution >= 4 is 52.5 Å². The number of hydrogen-bond donors (Lipinski definition) is 2. The maximum atomic E-state index is 12.3. The minimum absolute atomic E-state index is 0.139. The van der Waals surface area contributed by atoms with Crippen LogP contribution in [-0.4, -0.2) is 39.4 Å². The third-order valence-corrected chi connectivity index (χ3v) is 5.99. The van der Waals surface area contributed by atoms with Crippen molar-refractivity contribution in [2.24, 2.45) is 7.05 Å². The van der Waals surface area contributed by atoms with E-state index < -0.39 is 0 Å². The van der Waals surface area contributed by atoms with Gasteiger partial charge in [0.15, 0.2) is 11.0 Å². The van der Waals surface area contributed by atoms with Crippen LogP contribution in [-0.2, 0) is 18.4 Å². The first-order chi connectivity index (χ1) is 14.9. The molecule has 0 radical (unpaired) electrons. The van der Waals surface area contributed by atoms with Gasteiger partial charge in [-0.15, -0.1) is 10.2 Å². The van der Waals surface area contributed by atoms with Gasteiger partial charge in [-0.25, -0.2) is 0 Å². The molecule has 0 fully saturated rings. The highest BCUT2D eigenvalue weighted by atomic mass is 35.5. The Balaban J connectivity index is 1.54. The van der Waals surface area contributed by atoms with Crippen LogP contribution in [0.25, 0.3) is 0 Å². The van der Waals surface area contributed by atoms with E-state index in [1.54, 1.807) is 43.0 Å². The molecule has 1 aromatic heterocycles. The highest BCUT2D eigenvalue weighted by Gasteiger charge is 2.14. The number of nitrogens with one attached hydrogen (secondary N) is 2. The predicted octanol–water partition coefficient (Wildman–Crippen LogP) is 3.79. The minimum Gasteiger partial charge on any atom is -0.495 e. The topological polar surface area (TPSA) is 98.1 Å². The Kier molecular flexibility index (Phi) is 7.78. The number of amides is 2. The van der Waals surface area contributed by atoms with E-state index in [-0.39, 0.29) is 24.1 Å². The zero-order valence-electron chi connectivity index (χ0n) is 16.7. The first-order valence-corrected chi connectivity index (χ1v) is 10.8.